The van der Waals surface area contributed by atoms with Crippen molar-refractivity contribution in [2.24, 2.45) is 16.3 Å². The van der Waals surface area contributed by atoms with Crippen molar-refractivity contribution in [1.29, 1.82) is 0 Å². The van der Waals surface area contributed by atoms with Crippen LogP contribution in [0.1, 0.15) is 51.5 Å². The van der Waals surface area contributed by atoms with Crippen LogP contribution in [-0.4, -0.2) is 39.2 Å². The average molecular weight is 516 g/mol. The first-order chi connectivity index (χ1) is 13.5. The summed E-state index contributed by atoms with van der Waals surface area (Å²) in [6, 6.07) is 7.91. The monoisotopic (exact) mass is 516 g/mol. The number of aliphatic imine (C=N–C) groups is 1. The molecule has 1 amide bonds. The van der Waals surface area contributed by atoms with E-state index in [2.05, 4.69) is 20.9 Å². The number of amides is 1. The summed E-state index contributed by atoms with van der Waals surface area (Å²) in [5.41, 5.74) is 2.29. The number of rotatable bonds is 9. The molecule has 3 N–H and O–H groups in total. The zero-order valence-corrected chi connectivity index (χ0v) is 20.5. The maximum Gasteiger partial charge on any atom is 0.226 e. The van der Waals surface area contributed by atoms with Crippen LogP contribution in [0.4, 0.5) is 5.69 Å². The Bertz CT molecular complexity index is 641. The molecule has 0 aliphatic heterocycles. The number of methoxy groups -OCH3 is 1. The van der Waals surface area contributed by atoms with E-state index in [4.69, 9.17) is 4.74 Å². The SMILES string of the molecule is CN=C(NCc1ccc(NC(=O)C(C)C)cc1)NCC1(CCOC)CCCC1.I. The van der Waals surface area contributed by atoms with Crippen molar-refractivity contribution in [3.8, 4) is 0 Å². The molecule has 0 heterocycles. The number of halogens is 1. The summed E-state index contributed by atoms with van der Waals surface area (Å²) in [6.07, 6.45) is 6.21. The molecular weight excluding hydrogens is 479 g/mol. The molecular formula is C22H37IN4O2. The Kier molecular flexibility index (Phi) is 11.6. The van der Waals surface area contributed by atoms with Crippen molar-refractivity contribution < 1.29 is 9.53 Å². The Labute approximate surface area is 192 Å². The number of ether oxygens (including phenoxy) is 1. The smallest absolute Gasteiger partial charge is 0.226 e. The Morgan fingerprint density at radius 2 is 1.83 bits per heavy atom. The van der Waals surface area contributed by atoms with Gasteiger partial charge in [0.05, 0.1) is 0 Å². The summed E-state index contributed by atoms with van der Waals surface area (Å²) in [5, 5.41) is 9.80. The minimum Gasteiger partial charge on any atom is -0.385 e. The molecule has 0 spiro atoms. The van der Waals surface area contributed by atoms with E-state index >= 15 is 0 Å². The lowest BCUT2D eigenvalue weighted by Crippen LogP contribution is -2.43. The van der Waals surface area contributed by atoms with Crippen LogP contribution >= 0.6 is 24.0 Å². The molecule has 164 valence electrons. The Morgan fingerprint density at radius 1 is 1.17 bits per heavy atom. The highest BCUT2D eigenvalue weighted by molar-refractivity contribution is 14.0. The van der Waals surface area contributed by atoms with Gasteiger partial charge < -0.3 is 20.7 Å². The first-order valence-corrected chi connectivity index (χ1v) is 10.3. The van der Waals surface area contributed by atoms with Crippen molar-refractivity contribution in [2.45, 2.75) is 52.5 Å². The molecule has 0 unspecified atom stereocenters. The summed E-state index contributed by atoms with van der Waals surface area (Å²) in [4.78, 5) is 16.1. The third-order valence-corrected chi connectivity index (χ3v) is 5.56. The second-order valence-corrected chi connectivity index (χ2v) is 8.07. The van der Waals surface area contributed by atoms with Gasteiger partial charge >= 0.3 is 0 Å². The first kappa shape index (κ1) is 25.7. The molecule has 0 bridgehead atoms. The Morgan fingerprint density at radius 3 is 2.38 bits per heavy atom. The van der Waals surface area contributed by atoms with E-state index in [1.54, 1.807) is 14.2 Å². The van der Waals surface area contributed by atoms with Crippen LogP contribution in [0.3, 0.4) is 0 Å². The molecule has 0 radical (unpaired) electrons. The van der Waals surface area contributed by atoms with Gasteiger partial charge in [-0.05, 0) is 42.4 Å². The number of carbonyl (C=O) groups excluding carboxylic acids is 1. The number of carbonyl (C=O) groups is 1. The fourth-order valence-corrected chi connectivity index (χ4v) is 3.63. The predicted octanol–water partition coefficient (Wildman–Crippen LogP) is 4.16. The van der Waals surface area contributed by atoms with E-state index in [-0.39, 0.29) is 35.8 Å². The van der Waals surface area contributed by atoms with Gasteiger partial charge in [0.2, 0.25) is 5.91 Å². The molecule has 6 nitrogen and oxygen atoms in total. The summed E-state index contributed by atoms with van der Waals surface area (Å²) in [6.45, 7) is 6.20. The Hall–Kier alpha value is -1.35. The lowest BCUT2D eigenvalue weighted by molar-refractivity contribution is -0.118. The maximum atomic E-state index is 11.8. The number of benzene rings is 1. The number of nitrogens with zero attached hydrogens (tertiary/aromatic N) is 1. The molecule has 1 fully saturated rings. The van der Waals surface area contributed by atoms with Crippen LogP contribution in [0, 0.1) is 11.3 Å². The highest BCUT2D eigenvalue weighted by Gasteiger charge is 2.33. The molecule has 2 rings (SSSR count). The minimum absolute atomic E-state index is 0. The normalized spacial score (nSPS) is 15.7. The van der Waals surface area contributed by atoms with E-state index in [0.29, 0.717) is 12.0 Å². The third kappa shape index (κ3) is 8.50. The lowest BCUT2D eigenvalue weighted by Gasteiger charge is -2.30. The topological polar surface area (TPSA) is 74.8 Å². The number of hydrogen-bond acceptors (Lipinski definition) is 3. The first-order valence-electron chi connectivity index (χ1n) is 10.3. The van der Waals surface area contributed by atoms with Crippen molar-refractivity contribution >= 4 is 41.5 Å². The van der Waals surface area contributed by atoms with Crippen molar-refractivity contribution in [3.63, 3.8) is 0 Å². The van der Waals surface area contributed by atoms with Gasteiger partial charge in [0.1, 0.15) is 0 Å². The molecule has 0 atom stereocenters. The minimum atomic E-state index is -0.0252. The van der Waals surface area contributed by atoms with E-state index in [1.807, 2.05) is 38.1 Å². The van der Waals surface area contributed by atoms with Gasteiger partial charge in [-0.2, -0.15) is 0 Å². The second kappa shape index (κ2) is 13.1. The van der Waals surface area contributed by atoms with Crippen LogP contribution in [-0.2, 0) is 16.1 Å². The van der Waals surface area contributed by atoms with Crippen LogP contribution < -0.4 is 16.0 Å². The zero-order valence-electron chi connectivity index (χ0n) is 18.2. The molecule has 1 aliphatic carbocycles. The van der Waals surface area contributed by atoms with E-state index in [9.17, 15) is 4.79 Å². The second-order valence-electron chi connectivity index (χ2n) is 8.07. The van der Waals surface area contributed by atoms with Gasteiger partial charge in [0, 0.05) is 45.5 Å². The third-order valence-electron chi connectivity index (χ3n) is 5.56. The van der Waals surface area contributed by atoms with Gasteiger partial charge in [0.25, 0.3) is 0 Å². The molecule has 1 aromatic rings. The molecule has 0 saturated heterocycles. The highest BCUT2D eigenvalue weighted by atomic mass is 127. The molecule has 1 aromatic carbocycles. The lowest BCUT2D eigenvalue weighted by atomic mass is 9.83. The fourth-order valence-electron chi connectivity index (χ4n) is 3.63. The number of nitrogens with one attached hydrogen (secondary N) is 3. The van der Waals surface area contributed by atoms with Gasteiger partial charge in [0.15, 0.2) is 5.96 Å². The van der Waals surface area contributed by atoms with Crippen molar-refractivity contribution in [3.05, 3.63) is 29.8 Å². The Balaban J connectivity index is 0.00000420. The van der Waals surface area contributed by atoms with Gasteiger partial charge in [-0.15, -0.1) is 24.0 Å². The summed E-state index contributed by atoms with van der Waals surface area (Å²) >= 11 is 0. The van der Waals surface area contributed by atoms with Crippen LogP contribution in [0.15, 0.2) is 29.3 Å². The summed E-state index contributed by atoms with van der Waals surface area (Å²) in [7, 11) is 3.58. The number of hydrogen-bond donors (Lipinski definition) is 3. The molecule has 0 aromatic heterocycles. The van der Waals surface area contributed by atoms with Crippen molar-refractivity contribution in [2.75, 3.05) is 32.6 Å². The zero-order chi connectivity index (χ0) is 20.4. The van der Waals surface area contributed by atoms with E-state index in [0.717, 1.165) is 36.8 Å². The molecule has 7 heteroatoms. The largest absolute Gasteiger partial charge is 0.385 e. The number of anilines is 1. The van der Waals surface area contributed by atoms with Crippen LogP contribution in [0.5, 0.6) is 0 Å². The van der Waals surface area contributed by atoms with Gasteiger partial charge in [-0.25, -0.2) is 0 Å². The quantitative estimate of drug-likeness (QED) is 0.262. The fraction of sp³-hybridized carbons (Fsp3) is 0.636. The van der Waals surface area contributed by atoms with Gasteiger partial charge in [-0.3, -0.25) is 9.79 Å². The van der Waals surface area contributed by atoms with E-state index < -0.39 is 0 Å². The maximum absolute atomic E-state index is 11.8. The van der Waals surface area contributed by atoms with Crippen molar-refractivity contribution in [1.82, 2.24) is 10.6 Å². The van der Waals surface area contributed by atoms with Crippen LogP contribution in [0.25, 0.3) is 0 Å². The highest BCUT2D eigenvalue weighted by Crippen LogP contribution is 2.40. The van der Waals surface area contributed by atoms with Gasteiger partial charge in [-0.1, -0.05) is 38.8 Å². The molecule has 1 aliphatic rings. The van der Waals surface area contributed by atoms with E-state index in [1.165, 1.54) is 25.7 Å². The molecule has 1 saturated carbocycles. The average Bonchev–Trinajstić information content (AvgIpc) is 3.16. The van der Waals surface area contributed by atoms with Crippen LogP contribution in [0.2, 0.25) is 0 Å². The standard InChI is InChI=1S/C22H36N4O2.HI/c1-17(2)20(27)26-19-9-7-18(8-10-19)15-24-21(23-3)25-16-22(13-14-28-4)11-5-6-12-22;/h7-10,17H,5-6,11-16H2,1-4H3,(H,26,27)(H2,23,24,25);1H. The molecule has 29 heavy (non-hydrogen) atoms. The number of guanidine groups is 1. The predicted molar refractivity (Wildman–Crippen MR) is 131 cm³/mol. The summed E-state index contributed by atoms with van der Waals surface area (Å²) < 4.78 is 5.31. The summed E-state index contributed by atoms with van der Waals surface area (Å²) in [5.74, 6) is 0.827.